The van der Waals surface area contributed by atoms with Crippen LogP contribution in [0.2, 0.25) is 0 Å². The van der Waals surface area contributed by atoms with E-state index in [9.17, 15) is 9.59 Å². The quantitative estimate of drug-likeness (QED) is 0.636. The lowest BCUT2D eigenvalue weighted by Crippen LogP contribution is -2.51. The van der Waals surface area contributed by atoms with E-state index < -0.39 is 0 Å². The van der Waals surface area contributed by atoms with Crippen LogP contribution in [0.5, 0.6) is 11.5 Å². The number of ether oxygens (including phenoxy) is 2. The molecule has 32 heavy (non-hydrogen) atoms. The van der Waals surface area contributed by atoms with Crippen LogP contribution < -0.4 is 9.47 Å². The molecule has 1 N–H and O–H groups in total. The van der Waals surface area contributed by atoms with Gasteiger partial charge in [0.1, 0.15) is 5.69 Å². The van der Waals surface area contributed by atoms with Crippen molar-refractivity contribution in [1.82, 2.24) is 25.0 Å². The first-order valence-corrected chi connectivity index (χ1v) is 10.3. The molecular formula is C23H25N5O4. The van der Waals surface area contributed by atoms with Crippen molar-refractivity contribution in [2.45, 2.75) is 6.42 Å². The summed E-state index contributed by atoms with van der Waals surface area (Å²) in [5.41, 5.74) is 2.87. The van der Waals surface area contributed by atoms with Gasteiger partial charge in [0.25, 0.3) is 5.91 Å². The minimum atomic E-state index is -0.121. The molecule has 2 aromatic heterocycles. The molecule has 0 atom stereocenters. The number of nitrogens with one attached hydrogen (secondary N) is 1. The van der Waals surface area contributed by atoms with Crippen LogP contribution in [0.3, 0.4) is 0 Å². The summed E-state index contributed by atoms with van der Waals surface area (Å²) in [5, 5.41) is 7.06. The molecule has 1 fully saturated rings. The first-order chi connectivity index (χ1) is 15.6. The number of methoxy groups -OCH3 is 2. The van der Waals surface area contributed by atoms with Crippen molar-refractivity contribution in [3.8, 4) is 22.8 Å². The van der Waals surface area contributed by atoms with E-state index in [1.807, 2.05) is 24.3 Å². The Morgan fingerprint density at radius 2 is 1.62 bits per heavy atom. The number of aromatic nitrogens is 3. The average molecular weight is 435 g/mol. The van der Waals surface area contributed by atoms with Crippen molar-refractivity contribution < 1.29 is 19.1 Å². The Balaban J connectivity index is 1.33. The molecule has 0 spiro atoms. The second-order valence-corrected chi connectivity index (χ2v) is 7.44. The highest BCUT2D eigenvalue weighted by Crippen LogP contribution is 2.28. The first kappa shape index (κ1) is 21.4. The van der Waals surface area contributed by atoms with E-state index in [1.54, 1.807) is 48.5 Å². The molecule has 4 rings (SSSR count). The first-order valence-electron chi connectivity index (χ1n) is 10.3. The molecule has 0 unspecified atom stereocenters. The number of rotatable bonds is 6. The summed E-state index contributed by atoms with van der Waals surface area (Å²) in [6.45, 7) is 1.92. The van der Waals surface area contributed by atoms with Crippen LogP contribution >= 0.6 is 0 Å². The summed E-state index contributed by atoms with van der Waals surface area (Å²) >= 11 is 0. The number of nitrogens with zero attached hydrogens (tertiary/aromatic N) is 4. The van der Waals surface area contributed by atoms with Gasteiger partial charge in [0.2, 0.25) is 5.91 Å². The van der Waals surface area contributed by atoms with Crippen LogP contribution in [-0.4, -0.2) is 77.2 Å². The molecule has 3 heterocycles. The predicted octanol–water partition coefficient (Wildman–Crippen LogP) is 2.02. The van der Waals surface area contributed by atoms with Crippen LogP contribution in [0.1, 0.15) is 16.1 Å². The number of aromatic amines is 1. The maximum absolute atomic E-state index is 12.9. The van der Waals surface area contributed by atoms with E-state index >= 15 is 0 Å². The Bertz CT molecular complexity index is 1090. The lowest BCUT2D eigenvalue weighted by molar-refractivity contribution is -0.131. The van der Waals surface area contributed by atoms with Gasteiger partial charge >= 0.3 is 0 Å². The van der Waals surface area contributed by atoms with E-state index in [0.717, 1.165) is 11.1 Å². The van der Waals surface area contributed by atoms with Crippen LogP contribution in [0, 0.1) is 0 Å². The van der Waals surface area contributed by atoms with Crippen molar-refractivity contribution in [1.29, 1.82) is 0 Å². The Morgan fingerprint density at radius 1 is 0.938 bits per heavy atom. The number of hydrogen-bond acceptors (Lipinski definition) is 6. The van der Waals surface area contributed by atoms with Crippen LogP contribution in [-0.2, 0) is 11.2 Å². The van der Waals surface area contributed by atoms with E-state index in [0.29, 0.717) is 49.1 Å². The highest BCUT2D eigenvalue weighted by atomic mass is 16.5. The number of amides is 2. The normalized spacial score (nSPS) is 13.7. The van der Waals surface area contributed by atoms with Crippen LogP contribution in [0.4, 0.5) is 0 Å². The maximum Gasteiger partial charge on any atom is 0.272 e. The number of piperazine rings is 1. The van der Waals surface area contributed by atoms with Gasteiger partial charge in [-0.15, -0.1) is 0 Å². The monoisotopic (exact) mass is 435 g/mol. The van der Waals surface area contributed by atoms with E-state index in [2.05, 4.69) is 15.2 Å². The number of hydrogen-bond donors (Lipinski definition) is 1. The van der Waals surface area contributed by atoms with Gasteiger partial charge in [0, 0.05) is 44.1 Å². The summed E-state index contributed by atoms with van der Waals surface area (Å²) in [5.74, 6) is 1.12. The predicted molar refractivity (Wildman–Crippen MR) is 118 cm³/mol. The number of carbonyl (C=O) groups excluding carboxylic acids is 2. The Labute approximate surface area is 186 Å². The molecular weight excluding hydrogens is 410 g/mol. The molecule has 1 aliphatic heterocycles. The van der Waals surface area contributed by atoms with Crippen LogP contribution in [0.25, 0.3) is 11.3 Å². The number of benzene rings is 1. The molecule has 166 valence electrons. The number of carbonyl (C=O) groups is 2. The minimum absolute atomic E-state index is 0.0193. The Hall–Kier alpha value is -3.88. The van der Waals surface area contributed by atoms with Crippen molar-refractivity contribution >= 4 is 11.8 Å². The molecule has 0 radical (unpaired) electrons. The molecule has 0 saturated carbocycles. The van der Waals surface area contributed by atoms with Gasteiger partial charge in [0.05, 0.1) is 26.3 Å². The molecule has 9 nitrogen and oxygen atoms in total. The summed E-state index contributed by atoms with van der Waals surface area (Å²) in [6.07, 6.45) is 3.64. The van der Waals surface area contributed by atoms with Gasteiger partial charge in [-0.2, -0.15) is 5.10 Å². The second-order valence-electron chi connectivity index (χ2n) is 7.44. The largest absolute Gasteiger partial charge is 0.493 e. The zero-order chi connectivity index (χ0) is 22.5. The molecule has 3 aromatic rings. The Kier molecular flexibility index (Phi) is 6.34. The standard InChI is InChI=1S/C23H25N5O4/c1-31-20-4-3-16(13-21(20)32-2)14-22(29)27-9-11-28(12-10-27)23(30)19-15-18(25-26-19)17-5-7-24-8-6-17/h3-8,13,15H,9-12,14H2,1-2H3,(H,25,26). The highest BCUT2D eigenvalue weighted by Gasteiger charge is 2.26. The highest BCUT2D eigenvalue weighted by molar-refractivity contribution is 5.93. The number of H-pyrrole nitrogens is 1. The zero-order valence-electron chi connectivity index (χ0n) is 18.1. The van der Waals surface area contributed by atoms with Crippen molar-refractivity contribution in [2.75, 3.05) is 40.4 Å². The van der Waals surface area contributed by atoms with Gasteiger partial charge in [-0.3, -0.25) is 19.7 Å². The Morgan fingerprint density at radius 3 is 2.31 bits per heavy atom. The van der Waals surface area contributed by atoms with Crippen molar-refractivity contribution in [2.24, 2.45) is 0 Å². The lowest BCUT2D eigenvalue weighted by atomic mass is 10.1. The third-order valence-corrected chi connectivity index (χ3v) is 5.51. The molecule has 1 aromatic carbocycles. The average Bonchev–Trinajstić information content (AvgIpc) is 3.34. The second kappa shape index (κ2) is 9.51. The summed E-state index contributed by atoms with van der Waals surface area (Å²) in [4.78, 5) is 33.1. The van der Waals surface area contributed by atoms with Crippen LogP contribution in [0.15, 0.2) is 48.8 Å². The van der Waals surface area contributed by atoms with E-state index in [1.165, 1.54) is 0 Å². The fourth-order valence-corrected chi connectivity index (χ4v) is 3.71. The maximum atomic E-state index is 12.9. The van der Waals surface area contributed by atoms with Crippen molar-refractivity contribution in [3.05, 3.63) is 60.0 Å². The fourth-order valence-electron chi connectivity index (χ4n) is 3.71. The summed E-state index contributed by atoms with van der Waals surface area (Å²) in [7, 11) is 3.14. The van der Waals surface area contributed by atoms with Gasteiger partial charge in [-0.25, -0.2) is 0 Å². The molecule has 2 amide bonds. The minimum Gasteiger partial charge on any atom is -0.493 e. The summed E-state index contributed by atoms with van der Waals surface area (Å²) < 4.78 is 10.6. The van der Waals surface area contributed by atoms with Gasteiger partial charge in [-0.1, -0.05) is 6.07 Å². The third kappa shape index (κ3) is 4.56. The van der Waals surface area contributed by atoms with Gasteiger partial charge in [0.15, 0.2) is 11.5 Å². The van der Waals surface area contributed by atoms with Gasteiger partial charge in [-0.05, 0) is 35.9 Å². The topological polar surface area (TPSA) is 101 Å². The molecule has 1 aliphatic rings. The number of pyridine rings is 1. The summed E-state index contributed by atoms with van der Waals surface area (Å²) in [6, 6.07) is 10.9. The molecule has 0 bridgehead atoms. The fraction of sp³-hybridized carbons (Fsp3) is 0.304. The lowest BCUT2D eigenvalue weighted by Gasteiger charge is -2.34. The van der Waals surface area contributed by atoms with Gasteiger partial charge < -0.3 is 19.3 Å². The SMILES string of the molecule is COc1ccc(CC(=O)N2CCN(C(=O)c3cc(-c4ccncc4)n[nH]3)CC2)cc1OC. The third-order valence-electron chi connectivity index (χ3n) is 5.51. The van der Waals surface area contributed by atoms with E-state index in [-0.39, 0.29) is 18.2 Å². The van der Waals surface area contributed by atoms with E-state index in [4.69, 9.17) is 9.47 Å². The molecule has 0 aliphatic carbocycles. The molecule has 1 saturated heterocycles. The zero-order valence-corrected chi connectivity index (χ0v) is 18.1. The molecule has 9 heteroatoms. The van der Waals surface area contributed by atoms with Crippen molar-refractivity contribution in [3.63, 3.8) is 0 Å². The smallest absolute Gasteiger partial charge is 0.272 e.